The normalized spacial score (nSPS) is 9.18. The minimum atomic E-state index is -0.161. The molecule has 0 aromatic carbocycles. The highest BCUT2D eigenvalue weighted by atomic mass is 16.3. The van der Waals surface area contributed by atoms with Crippen molar-refractivity contribution < 1.29 is 0 Å². The molecular formula is C6H5N3O2. The zero-order valence-electron chi connectivity index (χ0n) is 5.81. The molecule has 5 heteroatoms. The maximum atomic E-state index is 10.0. The van der Waals surface area contributed by atoms with Crippen LogP contribution in [0.1, 0.15) is 5.56 Å². The van der Waals surface area contributed by atoms with Gasteiger partial charge < -0.3 is 0 Å². The van der Waals surface area contributed by atoms with Gasteiger partial charge in [0.15, 0.2) is 5.69 Å². The molecule has 5 nitrogen and oxygen atoms in total. The fourth-order valence-electron chi connectivity index (χ4n) is 0.684. The third kappa shape index (κ3) is 1.43. The first kappa shape index (κ1) is 7.46. The first-order chi connectivity index (χ1) is 5.27. The second-order valence-corrected chi connectivity index (χ2v) is 2.04. The average Bonchev–Trinajstić information content (AvgIpc) is 2.04. The minimum absolute atomic E-state index is 0.0139. The Kier molecular flexibility index (Phi) is 2.00. The molecule has 1 heterocycles. The van der Waals surface area contributed by atoms with Crippen molar-refractivity contribution in [2.45, 2.75) is 6.92 Å². The van der Waals surface area contributed by atoms with E-state index in [-0.39, 0.29) is 11.5 Å². The molecule has 0 saturated heterocycles. The van der Waals surface area contributed by atoms with Crippen LogP contribution in [0.3, 0.4) is 0 Å². The SMILES string of the molecule is Cc1cnc(N=O)c(N=O)c1. The summed E-state index contributed by atoms with van der Waals surface area (Å²) in [5.41, 5.74) is 0.756. The lowest BCUT2D eigenvalue weighted by Crippen LogP contribution is -1.76. The molecule has 0 saturated carbocycles. The summed E-state index contributed by atoms with van der Waals surface area (Å²) in [6, 6.07) is 1.46. The number of hydrogen-bond acceptors (Lipinski definition) is 5. The quantitative estimate of drug-likeness (QED) is 0.608. The minimum Gasteiger partial charge on any atom is -0.232 e. The molecule has 0 unspecified atom stereocenters. The van der Waals surface area contributed by atoms with Gasteiger partial charge in [0.1, 0.15) is 0 Å². The smallest absolute Gasteiger partial charge is 0.226 e. The summed E-state index contributed by atoms with van der Waals surface area (Å²) < 4.78 is 0. The monoisotopic (exact) mass is 151 g/mol. The Hall–Kier alpha value is -1.65. The van der Waals surface area contributed by atoms with Gasteiger partial charge in [-0.2, -0.15) is 0 Å². The van der Waals surface area contributed by atoms with E-state index in [1.165, 1.54) is 12.3 Å². The molecular weight excluding hydrogens is 146 g/mol. The van der Waals surface area contributed by atoms with Crippen molar-refractivity contribution in [2.24, 2.45) is 10.4 Å². The fourth-order valence-corrected chi connectivity index (χ4v) is 0.684. The van der Waals surface area contributed by atoms with Crippen LogP contribution in [-0.4, -0.2) is 4.98 Å². The van der Waals surface area contributed by atoms with Crippen LogP contribution >= 0.6 is 0 Å². The van der Waals surface area contributed by atoms with Crippen molar-refractivity contribution in [2.75, 3.05) is 0 Å². The topological polar surface area (TPSA) is 71.8 Å². The molecule has 1 aromatic rings. The number of nitrogens with zero attached hydrogens (tertiary/aromatic N) is 3. The molecule has 56 valence electrons. The van der Waals surface area contributed by atoms with Gasteiger partial charge in [0, 0.05) is 6.20 Å². The Morgan fingerprint density at radius 3 is 2.64 bits per heavy atom. The van der Waals surface area contributed by atoms with Crippen LogP contribution in [0.2, 0.25) is 0 Å². The van der Waals surface area contributed by atoms with Crippen LogP contribution in [0, 0.1) is 16.7 Å². The molecule has 0 atom stereocenters. The number of nitroso groups, excluding NO2 is 2. The summed E-state index contributed by atoms with van der Waals surface area (Å²) in [6.07, 6.45) is 1.45. The Morgan fingerprint density at radius 1 is 1.36 bits per heavy atom. The standard InChI is InChI=1S/C6H5N3O2/c1-4-2-5(8-10)6(9-11)7-3-4/h2-3H,1H3. The largest absolute Gasteiger partial charge is 0.232 e. The highest BCUT2D eigenvalue weighted by Gasteiger charge is 2.03. The highest BCUT2D eigenvalue weighted by Crippen LogP contribution is 2.24. The van der Waals surface area contributed by atoms with Gasteiger partial charge in [-0.25, -0.2) is 4.98 Å². The number of pyridine rings is 1. The number of aromatic nitrogens is 1. The second kappa shape index (κ2) is 2.96. The second-order valence-electron chi connectivity index (χ2n) is 2.04. The number of rotatable bonds is 2. The van der Waals surface area contributed by atoms with Gasteiger partial charge >= 0.3 is 0 Å². The summed E-state index contributed by atoms with van der Waals surface area (Å²) in [5, 5.41) is 5.12. The van der Waals surface area contributed by atoms with Crippen molar-refractivity contribution in [3.05, 3.63) is 27.6 Å². The van der Waals surface area contributed by atoms with Crippen LogP contribution in [0.4, 0.5) is 11.5 Å². The summed E-state index contributed by atoms with van der Waals surface area (Å²) in [6.45, 7) is 1.75. The highest BCUT2D eigenvalue weighted by molar-refractivity contribution is 5.56. The van der Waals surface area contributed by atoms with E-state index in [0.29, 0.717) is 0 Å². The zero-order chi connectivity index (χ0) is 8.27. The van der Waals surface area contributed by atoms with E-state index in [1.807, 2.05) is 0 Å². The van der Waals surface area contributed by atoms with Gasteiger partial charge in [-0.3, -0.25) is 0 Å². The van der Waals surface area contributed by atoms with E-state index in [1.54, 1.807) is 6.92 Å². The third-order valence-corrected chi connectivity index (χ3v) is 1.17. The van der Waals surface area contributed by atoms with Crippen LogP contribution in [0.15, 0.2) is 22.6 Å². The predicted octanol–water partition coefficient (Wildman–Crippen LogP) is 2.19. The van der Waals surface area contributed by atoms with Crippen molar-refractivity contribution in [3.8, 4) is 0 Å². The summed E-state index contributed by atoms with van der Waals surface area (Å²) in [5.74, 6) is -0.161. The van der Waals surface area contributed by atoms with Gasteiger partial charge in [-0.1, -0.05) is 0 Å². The van der Waals surface area contributed by atoms with Crippen LogP contribution in [0.5, 0.6) is 0 Å². The lowest BCUT2D eigenvalue weighted by molar-refractivity contribution is 1.21. The Bertz CT molecular complexity index is 298. The molecule has 0 bridgehead atoms. The van der Waals surface area contributed by atoms with Crippen molar-refractivity contribution >= 4 is 11.5 Å². The molecule has 0 N–H and O–H groups in total. The van der Waals surface area contributed by atoms with E-state index < -0.39 is 0 Å². The van der Waals surface area contributed by atoms with Crippen LogP contribution < -0.4 is 0 Å². The Morgan fingerprint density at radius 2 is 2.09 bits per heavy atom. The zero-order valence-corrected chi connectivity index (χ0v) is 5.81. The first-order valence-corrected chi connectivity index (χ1v) is 2.91. The summed E-state index contributed by atoms with van der Waals surface area (Å²) in [7, 11) is 0. The van der Waals surface area contributed by atoms with E-state index >= 15 is 0 Å². The van der Waals surface area contributed by atoms with Gasteiger partial charge in [0.25, 0.3) is 0 Å². The summed E-state index contributed by atoms with van der Waals surface area (Å²) >= 11 is 0. The summed E-state index contributed by atoms with van der Waals surface area (Å²) in [4.78, 5) is 23.6. The average molecular weight is 151 g/mol. The van der Waals surface area contributed by atoms with Crippen LogP contribution in [-0.2, 0) is 0 Å². The molecule has 0 spiro atoms. The molecule has 0 aliphatic heterocycles. The molecule has 11 heavy (non-hydrogen) atoms. The maximum Gasteiger partial charge on any atom is 0.226 e. The number of hydrogen-bond donors (Lipinski definition) is 0. The van der Waals surface area contributed by atoms with Crippen molar-refractivity contribution in [1.82, 2.24) is 4.98 Å². The Labute approximate surface area is 62.4 Å². The maximum absolute atomic E-state index is 10.0. The van der Waals surface area contributed by atoms with E-state index in [4.69, 9.17) is 0 Å². The van der Waals surface area contributed by atoms with E-state index in [2.05, 4.69) is 15.3 Å². The third-order valence-electron chi connectivity index (χ3n) is 1.17. The first-order valence-electron chi connectivity index (χ1n) is 2.91. The van der Waals surface area contributed by atoms with Gasteiger partial charge in [-0.05, 0) is 28.9 Å². The van der Waals surface area contributed by atoms with Crippen molar-refractivity contribution in [1.29, 1.82) is 0 Å². The molecule has 0 amide bonds. The number of aryl methyl sites for hydroxylation is 1. The molecule has 1 aromatic heterocycles. The fraction of sp³-hybridized carbons (Fsp3) is 0.167. The Balaban J connectivity index is 3.26. The van der Waals surface area contributed by atoms with Gasteiger partial charge in [0.2, 0.25) is 5.82 Å². The molecule has 0 aliphatic carbocycles. The molecule has 0 fully saturated rings. The van der Waals surface area contributed by atoms with Crippen molar-refractivity contribution in [3.63, 3.8) is 0 Å². The lowest BCUT2D eigenvalue weighted by atomic mass is 10.3. The van der Waals surface area contributed by atoms with Gasteiger partial charge in [-0.15, -0.1) is 9.81 Å². The van der Waals surface area contributed by atoms with Gasteiger partial charge in [0.05, 0.1) is 0 Å². The lowest BCUT2D eigenvalue weighted by Gasteiger charge is -1.92. The van der Waals surface area contributed by atoms with Crippen LogP contribution in [0.25, 0.3) is 0 Å². The molecule has 0 radical (unpaired) electrons. The van der Waals surface area contributed by atoms with E-state index in [9.17, 15) is 9.81 Å². The van der Waals surface area contributed by atoms with E-state index in [0.717, 1.165) is 5.56 Å². The predicted molar refractivity (Wildman–Crippen MR) is 39.9 cm³/mol. The molecule has 1 rings (SSSR count). The molecule has 0 aliphatic rings.